The lowest BCUT2D eigenvalue weighted by molar-refractivity contribution is 0.307. The molecule has 82 valence electrons. The lowest BCUT2D eigenvalue weighted by Gasteiger charge is -2.09. The molecule has 0 aliphatic heterocycles. The van der Waals surface area contributed by atoms with Crippen LogP contribution >= 0.6 is 15.9 Å². The van der Waals surface area contributed by atoms with E-state index in [4.69, 9.17) is 10.5 Å². The third-order valence-electron chi connectivity index (χ3n) is 2.26. The molecule has 0 bridgehead atoms. The van der Waals surface area contributed by atoms with Crippen molar-refractivity contribution in [2.75, 3.05) is 5.73 Å². The first kappa shape index (κ1) is 11.0. The van der Waals surface area contributed by atoms with Gasteiger partial charge in [0.15, 0.2) is 0 Å². The minimum Gasteiger partial charge on any atom is -0.487 e. The smallest absolute Gasteiger partial charge is 0.142 e. The van der Waals surface area contributed by atoms with Crippen molar-refractivity contribution in [3.63, 3.8) is 0 Å². The van der Waals surface area contributed by atoms with Gasteiger partial charge in [-0.3, -0.25) is 0 Å². The lowest BCUT2D eigenvalue weighted by atomic mass is 10.2. The fraction of sp³-hybridized carbons (Fsp3) is 0.0769. The summed E-state index contributed by atoms with van der Waals surface area (Å²) in [5.41, 5.74) is 7.55. The van der Waals surface area contributed by atoms with Gasteiger partial charge in [-0.2, -0.15) is 0 Å². The van der Waals surface area contributed by atoms with Crippen LogP contribution in [0.1, 0.15) is 5.56 Å². The Morgan fingerprint density at radius 2 is 1.69 bits per heavy atom. The zero-order valence-electron chi connectivity index (χ0n) is 8.69. The Morgan fingerprint density at radius 1 is 1.00 bits per heavy atom. The van der Waals surface area contributed by atoms with Gasteiger partial charge in [0.2, 0.25) is 0 Å². The van der Waals surface area contributed by atoms with Crippen LogP contribution in [0.4, 0.5) is 5.69 Å². The highest BCUT2D eigenvalue weighted by molar-refractivity contribution is 9.10. The molecule has 0 aromatic heterocycles. The molecule has 0 saturated heterocycles. The van der Waals surface area contributed by atoms with Gasteiger partial charge in [0.05, 0.1) is 5.69 Å². The van der Waals surface area contributed by atoms with Crippen molar-refractivity contribution >= 4 is 21.6 Å². The Morgan fingerprint density at radius 3 is 2.44 bits per heavy atom. The second-order valence-electron chi connectivity index (χ2n) is 3.42. The van der Waals surface area contributed by atoms with Crippen LogP contribution in [-0.4, -0.2) is 0 Å². The van der Waals surface area contributed by atoms with Crippen molar-refractivity contribution in [2.24, 2.45) is 0 Å². The Balaban J connectivity index is 2.09. The van der Waals surface area contributed by atoms with E-state index in [9.17, 15) is 0 Å². The van der Waals surface area contributed by atoms with Crippen LogP contribution < -0.4 is 10.5 Å². The first-order valence-corrected chi connectivity index (χ1v) is 5.77. The summed E-state index contributed by atoms with van der Waals surface area (Å²) in [5, 5.41) is 0. The average molecular weight is 278 g/mol. The number of nitrogens with two attached hydrogens (primary N) is 1. The summed E-state index contributed by atoms with van der Waals surface area (Å²) in [4.78, 5) is 0. The number of rotatable bonds is 3. The van der Waals surface area contributed by atoms with E-state index in [0.717, 1.165) is 15.8 Å². The van der Waals surface area contributed by atoms with Gasteiger partial charge in [-0.15, -0.1) is 0 Å². The summed E-state index contributed by atoms with van der Waals surface area (Å²) in [6.07, 6.45) is 0. The van der Waals surface area contributed by atoms with E-state index in [0.29, 0.717) is 12.3 Å². The molecule has 0 amide bonds. The summed E-state index contributed by atoms with van der Waals surface area (Å²) >= 11 is 3.48. The van der Waals surface area contributed by atoms with E-state index in [1.165, 1.54) is 0 Å². The van der Waals surface area contributed by atoms with E-state index in [-0.39, 0.29) is 0 Å². The number of para-hydroxylation sites is 2. The monoisotopic (exact) mass is 277 g/mol. The van der Waals surface area contributed by atoms with Gasteiger partial charge in [-0.25, -0.2) is 0 Å². The van der Waals surface area contributed by atoms with Gasteiger partial charge in [0, 0.05) is 10.0 Å². The number of halogens is 1. The summed E-state index contributed by atoms with van der Waals surface area (Å²) in [6.45, 7) is 0.510. The SMILES string of the molecule is Nc1ccccc1OCc1ccccc1Br. The molecule has 0 aliphatic rings. The molecule has 0 heterocycles. The van der Waals surface area contributed by atoms with Crippen LogP contribution in [0.5, 0.6) is 5.75 Å². The fourth-order valence-electron chi connectivity index (χ4n) is 1.38. The second-order valence-corrected chi connectivity index (χ2v) is 4.27. The summed E-state index contributed by atoms with van der Waals surface area (Å²) < 4.78 is 6.69. The molecule has 2 rings (SSSR count). The molecular weight excluding hydrogens is 266 g/mol. The molecule has 0 fully saturated rings. The molecular formula is C13H12BrNO. The molecule has 0 aliphatic carbocycles. The molecule has 2 N–H and O–H groups in total. The van der Waals surface area contributed by atoms with Gasteiger partial charge in [-0.05, 0) is 18.2 Å². The minimum atomic E-state index is 0.510. The quantitative estimate of drug-likeness (QED) is 0.870. The molecule has 16 heavy (non-hydrogen) atoms. The number of benzene rings is 2. The third kappa shape index (κ3) is 2.55. The first-order chi connectivity index (χ1) is 7.77. The highest BCUT2D eigenvalue weighted by Gasteiger charge is 2.01. The maximum absolute atomic E-state index is 5.79. The van der Waals surface area contributed by atoms with Crippen molar-refractivity contribution in [3.8, 4) is 5.75 Å². The fourth-order valence-corrected chi connectivity index (χ4v) is 1.78. The number of anilines is 1. The number of ether oxygens (including phenoxy) is 1. The van der Waals surface area contributed by atoms with Gasteiger partial charge in [0.25, 0.3) is 0 Å². The molecule has 0 unspecified atom stereocenters. The molecule has 0 saturated carbocycles. The van der Waals surface area contributed by atoms with Crippen molar-refractivity contribution < 1.29 is 4.74 Å². The normalized spacial score (nSPS) is 10.1. The minimum absolute atomic E-state index is 0.510. The molecule has 2 aromatic carbocycles. The summed E-state index contributed by atoms with van der Waals surface area (Å²) in [5.74, 6) is 0.721. The van der Waals surface area contributed by atoms with Crippen LogP contribution in [0.2, 0.25) is 0 Å². The van der Waals surface area contributed by atoms with Crippen LogP contribution in [-0.2, 0) is 6.61 Å². The average Bonchev–Trinajstić information content (AvgIpc) is 2.30. The number of hydrogen-bond donors (Lipinski definition) is 1. The van der Waals surface area contributed by atoms with E-state index in [1.807, 2.05) is 48.5 Å². The van der Waals surface area contributed by atoms with Gasteiger partial charge >= 0.3 is 0 Å². The maximum Gasteiger partial charge on any atom is 0.142 e. The molecule has 3 heteroatoms. The van der Waals surface area contributed by atoms with Crippen LogP contribution in [0.3, 0.4) is 0 Å². The first-order valence-electron chi connectivity index (χ1n) is 4.98. The lowest BCUT2D eigenvalue weighted by Crippen LogP contribution is -1.98. The molecule has 0 radical (unpaired) electrons. The van der Waals surface area contributed by atoms with Gasteiger partial charge in [-0.1, -0.05) is 46.3 Å². The van der Waals surface area contributed by atoms with E-state index < -0.39 is 0 Å². The number of hydrogen-bond acceptors (Lipinski definition) is 2. The Bertz CT molecular complexity index is 439. The zero-order chi connectivity index (χ0) is 11.4. The Labute approximate surface area is 103 Å². The van der Waals surface area contributed by atoms with E-state index in [2.05, 4.69) is 15.9 Å². The Hall–Kier alpha value is -1.48. The van der Waals surface area contributed by atoms with Crippen LogP contribution in [0.15, 0.2) is 53.0 Å². The van der Waals surface area contributed by atoms with Crippen molar-refractivity contribution in [3.05, 3.63) is 58.6 Å². The Kier molecular flexibility index (Phi) is 3.47. The largest absolute Gasteiger partial charge is 0.487 e. The third-order valence-corrected chi connectivity index (χ3v) is 3.03. The highest BCUT2D eigenvalue weighted by Crippen LogP contribution is 2.23. The van der Waals surface area contributed by atoms with Gasteiger partial charge in [0.1, 0.15) is 12.4 Å². The van der Waals surface area contributed by atoms with Crippen LogP contribution in [0, 0.1) is 0 Å². The predicted molar refractivity (Wildman–Crippen MR) is 69.3 cm³/mol. The maximum atomic E-state index is 5.79. The standard InChI is InChI=1S/C13H12BrNO/c14-11-6-2-1-5-10(11)9-16-13-8-4-3-7-12(13)15/h1-8H,9,15H2. The second kappa shape index (κ2) is 5.03. The van der Waals surface area contributed by atoms with Crippen molar-refractivity contribution in [1.29, 1.82) is 0 Å². The highest BCUT2D eigenvalue weighted by atomic mass is 79.9. The summed E-state index contributed by atoms with van der Waals surface area (Å²) in [7, 11) is 0. The number of nitrogen functional groups attached to an aromatic ring is 1. The molecule has 2 aromatic rings. The predicted octanol–water partition coefficient (Wildman–Crippen LogP) is 3.61. The molecule has 2 nitrogen and oxygen atoms in total. The topological polar surface area (TPSA) is 35.2 Å². The van der Waals surface area contributed by atoms with E-state index >= 15 is 0 Å². The van der Waals surface area contributed by atoms with Crippen molar-refractivity contribution in [2.45, 2.75) is 6.61 Å². The van der Waals surface area contributed by atoms with E-state index in [1.54, 1.807) is 0 Å². The summed E-state index contributed by atoms with van der Waals surface area (Å²) in [6, 6.07) is 15.5. The van der Waals surface area contributed by atoms with Crippen molar-refractivity contribution in [1.82, 2.24) is 0 Å². The van der Waals surface area contributed by atoms with Crippen LogP contribution in [0.25, 0.3) is 0 Å². The zero-order valence-corrected chi connectivity index (χ0v) is 10.3. The molecule has 0 atom stereocenters. The molecule has 0 spiro atoms. The van der Waals surface area contributed by atoms with Gasteiger partial charge < -0.3 is 10.5 Å².